The maximum atomic E-state index is 8.89. The first kappa shape index (κ1) is 15.1. The van der Waals surface area contributed by atoms with Crippen molar-refractivity contribution in [2.45, 2.75) is 20.3 Å². The number of hydrogen-bond donors (Lipinski definition) is 0. The number of nitrogens with zero attached hydrogens (tertiary/aromatic N) is 1. The molecule has 0 N–H and O–H groups in total. The molecule has 3 aromatic rings. The van der Waals surface area contributed by atoms with Gasteiger partial charge in [0, 0.05) is 0 Å². The zero-order valence-corrected chi connectivity index (χ0v) is 13.5. The van der Waals surface area contributed by atoms with Crippen LogP contribution in [0.3, 0.4) is 0 Å². The lowest BCUT2D eigenvalue weighted by Crippen LogP contribution is -1.92. The predicted octanol–water partition coefficient (Wildman–Crippen LogP) is 5.43. The van der Waals surface area contributed by atoms with E-state index in [2.05, 4.69) is 62.4 Å². The van der Waals surface area contributed by atoms with Crippen molar-refractivity contribution >= 4 is 0 Å². The van der Waals surface area contributed by atoms with Gasteiger partial charge in [0.15, 0.2) is 0 Å². The molecule has 0 unspecified atom stereocenters. The Labute approximate surface area is 137 Å². The summed E-state index contributed by atoms with van der Waals surface area (Å²) in [5.74, 6) is 0. The molecule has 0 saturated carbocycles. The first-order valence-electron chi connectivity index (χ1n) is 7.82. The van der Waals surface area contributed by atoms with E-state index in [1.165, 1.54) is 33.4 Å². The highest BCUT2D eigenvalue weighted by molar-refractivity contribution is 5.71. The fourth-order valence-electron chi connectivity index (χ4n) is 2.88. The Hall–Kier alpha value is -2.85. The highest BCUT2D eigenvalue weighted by Crippen LogP contribution is 2.28. The van der Waals surface area contributed by atoms with Crippen molar-refractivity contribution in [3.8, 4) is 17.2 Å². The van der Waals surface area contributed by atoms with E-state index in [0.717, 1.165) is 6.42 Å². The summed E-state index contributed by atoms with van der Waals surface area (Å²) < 4.78 is 0. The van der Waals surface area contributed by atoms with Crippen LogP contribution in [0.15, 0.2) is 66.7 Å². The van der Waals surface area contributed by atoms with Crippen molar-refractivity contribution in [2.24, 2.45) is 0 Å². The van der Waals surface area contributed by atoms with Crippen LogP contribution in [0.4, 0.5) is 0 Å². The van der Waals surface area contributed by atoms with Crippen LogP contribution < -0.4 is 0 Å². The average Bonchev–Trinajstić information content (AvgIpc) is 2.58. The Balaban J connectivity index is 1.94. The van der Waals surface area contributed by atoms with Crippen molar-refractivity contribution in [1.82, 2.24) is 0 Å². The fraction of sp³-hybridized carbons (Fsp3) is 0.136. The summed E-state index contributed by atoms with van der Waals surface area (Å²) in [4.78, 5) is 0. The standard InChI is InChI=1S/C22H19N/c1-16-5-3-4-6-21(16)22-14-20(8-7-17(22)2)13-18-9-11-19(15-23)12-10-18/h3-12,14H,13H2,1-2H3. The smallest absolute Gasteiger partial charge is 0.0991 e. The molecule has 3 aromatic carbocycles. The van der Waals surface area contributed by atoms with Gasteiger partial charge in [0.2, 0.25) is 0 Å². The number of aryl methyl sites for hydroxylation is 2. The van der Waals surface area contributed by atoms with E-state index in [9.17, 15) is 0 Å². The minimum Gasteiger partial charge on any atom is -0.192 e. The van der Waals surface area contributed by atoms with Gasteiger partial charge in [0.25, 0.3) is 0 Å². The van der Waals surface area contributed by atoms with Gasteiger partial charge in [-0.25, -0.2) is 0 Å². The van der Waals surface area contributed by atoms with Crippen molar-refractivity contribution in [3.05, 3.63) is 94.5 Å². The summed E-state index contributed by atoms with van der Waals surface area (Å²) in [5.41, 5.74) is 8.41. The summed E-state index contributed by atoms with van der Waals surface area (Å²) in [6, 6.07) is 25.2. The maximum Gasteiger partial charge on any atom is 0.0991 e. The molecule has 0 amide bonds. The van der Waals surface area contributed by atoms with Crippen LogP contribution in [0, 0.1) is 25.2 Å². The van der Waals surface area contributed by atoms with Gasteiger partial charge in [-0.1, -0.05) is 54.6 Å². The molecule has 0 saturated heterocycles. The molecular weight excluding hydrogens is 278 g/mol. The molecule has 1 heteroatoms. The van der Waals surface area contributed by atoms with E-state index in [-0.39, 0.29) is 0 Å². The molecular formula is C22H19N. The van der Waals surface area contributed by atoms with Crippen molar-refractivity contribution in [1.29, 1.82) is 5.26 Å². The second-order valence-electron chi connectivity index (χ2n) is 5.95. The Bertz CT molecular complexity index is 867. The maximum absolute atomic E-state index is 8.89. The van der Waals surface area contributed by atoms with E-state index in [1.807, 2.05) is 24.3 Å². The van der Waals surface area contributed by atoms with Gasteiger partial charge in [-0.05, 0) is 65.8 Å². The van der Waals surface area contributed by atoms with Crippen molar-refractivity contribution in [3.63, 3.8) is 0 Å². The lowest BCUT2D eigenvalue weighted by Gasteiger charge is -2.12. The highest BCUT2D eigenvalue weighted by Gasteiger charge is 2.06. The summed E-state index contributed by atoms with van der Waals surface area (Å²) in [6.45, 7) is 4.31. The van der Waals surface area contributed by atoms with Gasteiger partial charge in [-0.3, -0.25) is 0 Å². The summed E-state index contributed by atoms with van der Waals surface area (Å²) in [5, 5.41) is 8.89. The quantitative estimate of drug-likeness (QED) is 0.632. The molecule has 23 heavy (non-hydrogen) atoms. The molecule has 0 aliphatic rings. The third-order valence-electron chi connectivity index (χ3n) is 4.23. The zero-order valence-electron chi connectivity index (χ0n) is 13.5. The van der Waals surface area contributed by atoms with Crippen LogP contribution in [0.25, 0.3) is 11.1 Å². The van der Waals surface area contributed by atoms with Crippen LogP contribution in [-0.2, 0) is 6.42 Å². The molecule has 112 valence electrons. The molecule has 3 rings (SSSR count). The van der Waals surface area contributed by atoms with Gasteiger partial charge in [-0.2, -0.15) is 5.26 Å². The van der Waals surface area contributed by atoms with Gasteiger partial charge < -0.3 is 0 Å². The summed E-state index contributed by atoms with van der Waals surface area (Å²) >= 11 is 0. The van der Waals surface area contributed by atoms with E-state index >= 15 is 0 Å². The van der Waals surface area contributed by atoms with Crippen LogP contribution in [0.5, 0.6) is 0 Å². The second kappa shape index (κ2) is 6.50. The molecule has 0 aromatic heterocycles. The Morgan fingerprint density at radius 1 is 0.739 bits per heavy atom. The van der Waals surface area contributed by atoms with Gasteiger partial charge in [0.05, 0.1) is 11.6 Å². The van der Waals surface area contributed by atoms with Crippen LogP contribution in [-0.4, -0.2) is 0 Å². The monoisotopic (exact) mass is 297 g/mol. The van der Waals surface area contributed by atoms with Crippen LogP contribution >= 0.6 is 0 Å². The molecule has 0 atom stereocenters. The number of rotatable bonds is 3. The van der Waals surface area contributed by atoms with Gasteiger partial charge >= 0.3 is 0 Å². The average molecular weight is 297 g/mol. The summed E-state index contributed by atoms with van der Waals surface area (Å²) in [6.07, 6.45) is 0.880. The number of hydrogen-bond acceptors (Lipinski definition) is 1. The molecule has 0 fully saturated rings. The van der Waals surface area contributed by atoms with Gasteiger partial charge in [-0.15, -0.1) is 0 Å². The lowest BCUT2D eigenvalue weighted by molar-refractivity contribution is 1.18. The number of benzene rings is 3. The van der Waals surface area contributed by atoms with Crippen LogP contribution in [0.1, 0.15) is 27.8 Å². The zero-order chi connectivity index (χ0) is 16.2. The minimum absolute atomic E-state index is 0.707. The molecule has 0 aliphatic carbocycles. The largest absolute Gasteiger partial charge is 0.192 e. The van der Waals surface area contributed by atoms with E-state index in [1.54, 1.807) is 0 Å². The normalized spacial score (nSPS) is 10.3. The number of nitriles is 1. The lowest BCUT2D eigenvalue weighted by atomic mass is 9.93. The summed E-state index contributed by atoms with van der Waals surface area (Å²) in [7, 11) is 0. The molecule has 0 radical (unpaired) electrons. The topological polar surface area (TPSA) is 23.8 Å². The van der Waals surface area contributed by atoms with Crippen molar-refractivity contribution in [2.75, 3.05) is 0 Å². The van der Waals surface area contributed by atoms with E-state index < -0.39 is 0 Å². The Kier molecular flexibility index (Phi) is 4.26. The third kappa shape index (κ3) is 3.33. The Morgan fingerprint density at radius 3 is 2.09 bits per heavy atom. The highest BCUT2D eigenvalue weighted by atomic mass is 14.2. The molecule has 1 nitrogen and oxygen atoms in total. The first-order valence-corrected chi connectivity index (χ1v) is 7.82. The molecule has 0 bridgehead atoms. The fourth-order valence-corrected chi connectivity index (χ4v) is 2.88. The van der Waals surface area contributed by atoms with E-state index in [4.69, 9.17) is 5.26 Å². The van der Waals surface area contributed by atoms with E-state index in [0.29, 0.717) is 5.56 Å². The van der Waals surface area contributed by atoms with Crippen molar-refractivity contribution < 1.29 is 0 Å². The molecule has 0 spiro atoms. The molecule has 0 aliphatic heterocycles. The first-order chi connectivity index (χ1) is 11.2. The third-order valence-corrected chi connectivity index (χ3v) is 4.23. The minimum atomic E-state index is 0.707. The second-order valence-corrected chi connectivity index (χ2v) is 5.95. The van der Waals surface area contributed by atoms with Gasteiger partial charge in [0.1, 0.15) is 0 Å². The molecule has 0 heterocycles. The SMILES string of the molecule is Cc1ccccc1-c1cc(Cc2ccc(C#N)cc2)ccc1C. The Morgan fingerprint density at radius 2 is 1.39 bits per heavy atom. The predicted molar refractivity (Wildman–Crippen MR) is 95.3 cm³/mol. The van der Waals surface area contributed by atoms with Crippen LogP contribution in [0.2, 0.25) is 0 Å².